The van der Waals surface area contributed by atoms with Crippen LogP contribution in [0.25, 0.3) is 0 Å². The van der Waals surface area contributed by atoms with Crippen LogP contribution >= 0.6 is 0 Å². The topological polar surface area (TPSA) is 77.3 Å². The van der Waals surface area contributed by atoms with Crippen LogP contribution in [0.2, 0.25) is 0 Å². The molecule has 6 heteroatoms. The van der Waals surface area contributed by atoms with E-state index in [1.54, 1.807) is 48.5 Å². The average Bonchev–Trinajstić information content (AvgIpc) is 2.91. The predicted octanol–water partition coefficient (Wildman–Crippen LogP) is 6.82. The summed E-state index contributed by atoms with van der Waals surface area (Å²) in [6.07, 6.45) is 0. The molecule has 6 nitrogen and oxygen atoms in total. The van der Waals surface area contributed by atoms with Gasteiger partial charge in [-0.3, -0.25) is 0 Å². The molecule has 34 heavy (non-hydrogen) atoms. The zero-order valence-corrected chi connectivity index (χ0v) is 18.3. The molecular formula is C28H22N2O4. The number of benzene rings is 4. The number of esters is 2. The van der Waals surface area contributed by atoms with Crippen LogP contribution in [0.15, 0.2) is 119 Å². The number of hydrogen-bond donors (Lipinski definition) is 0. The lowest BCUT2D eigenvalue weighted by molar-refractivity contribution is 0.0464. The highest BCUT2D eigenvalue weighted by molar-refractivity contribution is 5.90. The van der Waals surface area contributed by atoms with Gasteiger partial charge in [-0.1, -0.05) is 60.7 Å². The van der Waals surface area contributed by atoms with Crippen LogP contribution in [0, 0.1) is 0 Å². The summed E-state index contributed by atoms with van der Waals surface area (Å²) in [5.74, 6) is -0.802. The van der Waals surface area contributed by atoms with Crippen molar-refractivity contribution in [2.75, 3.05) is 0 Å². The fourth-order valence-electron chi connectivity index (χ4n) is 3.06. The van der Waals surface area contributed by atoms with E-state index in [1.807, 2.05) is 60.7 Å². The van der Waals surface area contributed by atoms with Crippen molar-refractivity contribution in [3.63, 3.8) is 0 Å². The summed E-state index contributed by atoms with van der Waals surface area (Å²) in [5, 5.41) is 8.36. The van der Waals surface area contributed by atoms with Crippen molar-refractivity contribution in [3.05, 3.63) is 131 Å². The fraction of sp³-hybridized carbons (Fsp3) is 0.0714. The van der Waals surface area contributed by atoms with Crippen LogP contribution in [-0.4, -0.2) is 11.9 Å². The Bertz CT molecular complexity index is 1150. The number of hydrogen-bond acceptors (Lipinski definition) is 6. The first-order chi connectivity index (χ1) is 16.7. The zero-order valence-electron chi connectivity index (χ0n) is 18.3. The maximum Gasteiger partial charge on any atom is 0.338 e. The van der Waals surface area contributed by atoms with Crippen molar-refractivity contribution in [1.82, 2.24) is 0 Å². The summed E-state index contributed by atoms with van der Waals surface area (Å²) >= 11 is 0. The van der Waals surface area contributed by atoms with Gasteiger partial charge in [-0.05, 0) is 59.7 Å². The standard InChI is InChI=1S/C28H22N2O4/c31-27(33-19-21-7-3-1-4-8-21)23-11-15-25(16-12-23)29-30-26-17-13-24(14-18-26)28(32)34-20-22-9-5-2-6-10-22/h1-18H,19-20H2. The summed E-state index contributed by atoms with van der Waals surface area (Å²) in [7, 11) is 0. The van der Waals surface area contributed by atoms with Gasteiger partial charge in [0.2, 0.25) is 0 Å². The Morgan fingerprint density at radius 2 is 0.853 bits per heavy atom. The third kappa shape index (κ3) is 6.46. The molecule has 4 rings (SSSR count). The molecular weight excluding hydrogens is 428 g/mol. The van der Waals surface area contributed by atoms with Gasteiger partial charge in [-0.25, -0.2) is 9.59 Å². The van der Waals surface area contributed by atoms with Gasteiger partial charge in [-0.15, -0.1) is 0 Å². The number of azo groups is 1. The van der Waals surface area contributed by atoms with Crippen molar-refractivity contribution in [3.8, 4) is 0 Å². The van der Waals surface area contributed by atoms with Gasteiger partial charge in [0.15, 0.2) is 0 Å². The van der Waals surface area contributed by atoms with E-state index < -0.39 is 11.9 Å². The van der Waals surface area contributed by atoms with E-state index in [0.29, 0.717) is 22.5 Å². The minimum absolute atomic E-state index is 0.219. The van der Waals surface area contributed by atoms with Crippen LogP contribution in [0.4, 0.5) is 11.4 Å². The highest BCUT2D eigenvalue weighted by Crippen LogP contribution is 2.20. The SMILES string of the molecule is O=C(OCc1ccccc1)c1ccc(N=Nc2ccc(C(=O)OCc3ccccc3)cc2)cc1. The Labute approximate surface area is 197 Å². The first-order valence-corrected chi connectivity index (χ1v) is 10.7. The third-order valence-corrected chi connectivity index (χ3v) is 4.91. The van der Waals surface area contributed by atoms with E-state index in [0.717, 1.165) is 11.1 Å². The van der Waals surface area contributed by atoms with Crippen molar-refractivity contribution in [2.24, 2.45) is 10.2 Å². The van der Waals surface area contributed by atoms with E-state index >= 15 is 0 Å². The Morgan fingerprint density at radius 3 is 1.21 bits per heavy atom. The van der Waals surface area contributed by atoms with Crippen LogP contribution in [0.5, 0.6) is 0 Å². The number of carbonyl (C=O) groups is 2. The average molecular weight is 450 g/mol. The van der Waals surface area contributed by atoms with Gasteiger partial charge in [0.1, 0.15) is 13.2 Å². The molecule has 0 bridgehead atoms. The highest BCUT2D eigenvalue weighted by Gasteiger charge is 2.08. The van der Waals surface area contributed by atoms with Gasteiger partial charge in [0.25, 0.3) is 0 Å². The molecule has 0 N–H and O–H groups in total. The van der Waals surface area contributed by atoms with E-state index in [9.17, 15) is 9.59 Å². The minimum Gasteiger partial charge on any atom is -0.457 e. The molecule has 0 heterocycles. The molecule has 4 aromatic rings. The molecule has 168 valence electrons. The molecule has 0 aromatic heterocycles. The zero-order chi connectivity index (χ0) is 23.6. The molecule has 0 radical (unpaired) electrons. The molecule has 0 aliphatic heterocycles. The van der Waals surface area contributed by atoms with Crippen LogP contribution in [0.1, 0.15) is 31.8 Å². The van der Waals surface area contributed by atoms with Gasteiger partial charge < -0.3 is 9.47 Å². The van der Waals surface area contributed by atoms with Crippen molar-refractivity contribution >= 4 is 23.3 Å². The molecule has 0 fully saturated rings. The van der Waals surface area contributed by atoms with Crippen molar-refractivity contribution in [1.29, 1.82) is 0 Å². The number of rotatable bonds is 8. The molecule has 0 saturated heterocycles. The van der Waals surface area contributed by atoms with Crippen LogP contribution in [0.3, 0.4) is 0 Å². The molecule has 0 aliphatic carbocycles. The van der Waals surface area contributed by atoms with Gasteiger partial charge in [0, 0.05) is 0 Å². The molecule has 4 aromatic carbocycles. The summed E-state index contributed by atoms with van der Waals surface area (Å²) in [6.45, 7) is 0.438. The van der Waals surface area contributed by atoms with Gasteiger partial charge in [-0.2, -0.15) is 10.2 Å². The van der Waals surface area contributed by atoms with Crippen molar-refractivity contribution in [2.45, 2.75) is 13.2 Å². The van der Waals surface area contributed by atoms with Gasteiger partial charge in [0.05, 0.1) is 22.5 Å². The number of carbonyl (C=O) groups excluding carboxylic acids is 2. The van der Waals surface area contributed by atoms with E-state index in [2.05, 4.69) is 10.2 Å². The Morgan fingerprint density at radius 1 is 0.500 bits per heavy atom. The molecule has 0 aliphatic rings. The second-order valence-corrected chi connectivity index (χ2v) is 7.42. The lowest BCUT2D eigenvalue weighted by atomic mass is 10.2. The summed E-state index contributed by atoms with van der Waals surface area (Å²) in [4.78, 5) is 24.4. The fourth-order valence-corrected chi connectivity index (χ4v) is 3.06. The predicted molar refractivity (Wildman–Crippen MR) is 128 cm³/mol. The Hall–Kier alpha value is -4.58. The van der Waals surface area contributed by atoms with Crippen LogP contribution < -0.4 is 0 Å². The van der Waals surface area contributed by atoms with E-state index in [-0.39, 0.29) is 13.2 Å². The second kappa shape index (κ2) is 11.3. The summed E-state index contributed by atoms with van der Waals surface area (Å²) in [5.41, 5.74) is 3.91. The summed E-state index contributed by atoms with van der Waals surface area (Å²) < 4.78 is 10.7. The van der Waals surface area contributed by atoms with Crippen molar-refractivity contribution < 1.29 is 19.1 Å². The molecule has 0 atom stereocenters. The number of ether oxygens (including phenoxy) is 2. The smallest absolute Gasteiger partial charge is 0.338 e. The first-order valence-electron chi connectivity index (χ1n) is 10.7. The Kier molecular flexibility index (Phi) is 7.54. The number of nitrogens with zero attached hydrogens (tertiary/aromatic N) is 2. The normalized spacial score (nSPS) is 10.7. The molecule has 0 spiro atoms. The minimum atomic E-state index is -0.401. The summed E-state index contributed by atoms with van der Waals surface area (Å²) in [6, 6.07) is 32.4. The van der Waals surface area contributed by atoms with E-state index in [4.69, 9.17) is 9.47 Å². The molecule has 0 amide bonds. The maximum absolute atomic E-state index is 12.2. The van der Waals surface area contributed by atoms with Crippen LogP contribution in [-0.2, 0) is 22.7 Å². The maximum atomic E-state index is 12.2. The highest BCUT2D eigenvalue weighted by atomic mass is 16.5. The van der Waals surface area contributed by atoms with Gasteiger partial charge >= 0.3 is 11.9 Å². The Balaban J connectivity index is 1.29. The quantitative estimate of drug-likeness (QED) is 0.218. The second-order valence-electron chi connectivity index (χ2n) is 7.42. The largest absolute Gasteiger partial charge is 0.457 e. The molecule has 0 saturated carbocycles. The molecule has 0 unspecified atom stereocenters. The third-order valence-electron chi connectivity index (χ3n) is 4.91. The lowest BCUT2D eigenvalue weighted by Gasteiger charge is -2.05. The monoisotopic (exact) mass is 450 g/mol. The lowest BCUT2D eigenvalue weighted by Crippen LogP contribution is -2.04. The first kappa shape index (κ1) is 22.6. The van der Waals surface area contributed by atoms with E-state index in [1.165, 1.54) is 0 Å².